The minimum Gasteiger partial charge on any atom is -0.459 e. The van der Waals surface area contributed by atoms with Gasteiger partial charge in [0.2, 0.25) is 5.91 Å². The van der Waals surface area contributed by atoms with Gasteiger partial charge in [0.05, 0.1) is 16.5 Å². The highest BCUT2D eigenvalue weighted by Crippen LogP contribution is 2.31. The molecule has 2 aromatic heterocycles. The predicted octanol–water partition coefficient (Wildman–Crippen LogP) is 5.05. The van der Waals surface area contributed by atoms with Crippen LogP contribution in [-0.4, -0.2) is 34.8 Å². The van der Waals surface area contributed by atoms with Gasteiger partial charge in [0.1, 0.15) is 5.01 Å². The quantitative estimate of drug-likeness (QED) is 0.491. The molecule has 5 rings (SSSR count). The number of rotatable bonds is 4. The molecule has 0 bridgehead atoms. The van der Waals surface area contributed by atoms with Crippen LogP contribution in [0.4, 0.5) is 5.69 Å². The van der Waals surface area contributed by atoms with Crippen molar-refractivity contribution in [2.24, 2.45) is 5.92 Å². The van der Waals surface area contributed by atoms with Gasteiger partial charge in [0.25, 0.3) is 5.91 Å². The number of carbonyl (C=O) groups excluding carboxylic acids is 2. The molecule has 3 heterocycles. The minimum atomic E-state index is -0.119. The van der Waals surface area contributed by atoms with Crippen molar-refractivity contribution in [2.75, 3.05) is 18.4 Å². The Morgan fingerprint density at radius 2 is 1.87 bits per heavy atom. The second-order valence-electron chi connectivity index (χ2n) is 7.60. The first-order valence-corrected chi connectivity index (χ1v) is 11.1. The molecule has 1 aliphatic heterocycles. The van der Waals surface area contributed by atoms with Gasteiger partial charge in [-0.2, -0.15) is 0 Å². The number of hydrogen-bond donors (Lipinski definition) is 1. The van der Waals surface area contributed by atoms with Gasteiger partial charge < -0.3 is 14.6 Å². The number of hydrogen-bond acceptors (Lipinski definition) is 5. The number of piperidine rings is 1. The van der Waals surface area contributed by atoms with Crippen molar-refractivity contribution in [3.8, 4) is 10.6 Å². The molecule has 2 aromatic carbocycles. The van der Waals surface area contributed by atoms with Gasteiger partial charge in [-0.15, -0.1) is 11.3 Å². The summed E-state index contributed by atoms with van der Waals surface area (Å²) in [6.07, 6.45) is 2.77. The topological polar surface area (TPSA) is 75.4 Å². The molecule has 1 aliphatic rings. The summed E-state index contributed by atoms with van der Waals surface area (Å²) in [5.74, 6) is 0.0975. The van der Waals surface area contributed by atoms with Gasteiger partial charge in [-0.1, -0.05) is 24.3 Å². The number of anilines is 1. The zero-order valence-corrected chi connectivity index (χ0v) is 17.6. The summed E-state index contributed by atoms with van der Waals surface area (Å²) in [5.41, 5.74) is 2.72. The third-order valence-electron chi connectivity index (χ3n) is 5.56. The fourth-order valence-electron chi connectivity index (χ4n) is 3.87. The maximum absolute atomic E-state index is 12.8. The van der Waals surface area contributed by atoms with Gasteiger partial charge in [-0.3, -0.25) is 9.59 Å². The number of fused-ring (bicyclic) bond motifs is 1. The number of amides is 2. The predicted molar refractivity (Wildman–Crippen MR) is 121 cm³/mol. The summed E-state index contributed by atoms with van der Waals surface area (Å²) in [4.78, 5) is 31.7. The molecule has 7 heteroatoms. The number of nitrogens with zero attached hydrogens (tertiary/aromatic N) is 2. The fraction of sp³-hybridized carbons (Fsp3) is 0.208. The standard InChI is InChI=1S/C24H21N3O3S/c28-22(16-10-12-27(13-11-16)24(29)20-8-4-14-30-20)25-18-6-3-5-17(15-18)23-26-19-7-1-2-9-21(19)31-23/h1-9,14-16H,10-13H2,(H,25,28). The van der Waals surface area contributed by atoms with Gasteiger partial charge >= 0.3 is 0 Å². The smallest absolute Gasteiger partial charge is 0.289 e. The van der Waals surface area contributed by atoms with Crippen molar-refractivity contribution in [1.29, 1.82) is 0 Å². The Morgan fingerprint density at radius 1 is 1.03 bits per heavy atom. The molecular weight excluding hydrogens is 410 g/mol. The molecule has 2 amide bonds. The lowest BCUT2D eigenvalue weighted by Gasteiger charge is -2.30. The maximum Gasteiger partial charge on any atom is 0.289 e. The molecule has 1 saturated heterocycles. The van der Waals surface area contributed by atoms with Crippen molar-refractivity contribution in [1.82, 2.24) is 9.88 Å². The van der Waals surface area contributed by atoms with Crippen LogP contribution in [-0.2, 0) is 4.79 Å². The first kappa shape index (κ1) is 19.5. The molecule has 4 aromatic rings. The van der Waals surface area contributed by atoms with Crippen LogP contribution in [0.3, 0.4) is 0 Å². The molecule has 0 aliphatic carbocycles. The summed E-state index contributed by atoms with van der Waals surface area (Å²) in [6.45, 7) is 1.09. The van der Waals surface area contributed by atoms with Crippen LogP contribution in [0.15, 0.2) is 71.3 Å². The number of nitrogens with one attached hydrogen (secondary N) is 1. The second kappa shape index (κ2) is 8.35. The van der Waals surface area contributed by atoms with E-state index in [-0.39, 0.29) is 17.7 Å². The lowest BCUT2D eigenvalue weighted by atomic mass is 9.95. The average molecular weight is 432 g/mol. The summed E-state index contributed by atoms with van der Waals surface area (Å²) >= 11 is 1.64. The Hall–Kier alpha value is -3.45. The molecule has 0 saturated carbocycles. The zero-order chi connectivity index (χ0) is 21.2. The average Bonchev–Trinajstić information content (AvgIpc) is 3.49. The van der Waals surface area contributed by atoms with Crippen LogP contribution < -0.4 is 5.32 Å². The lowest BCUT2D eigenvalue weighted by Crippen LogP contribution is -2.41. The number of aromatic nitrogens is 1. The van der Waals surface area contributed by atoms with Crippen LogP contribution in [0.1, 0.15) is 23.4 Å². The van der Waals surface area contributed by atoms with E-state index >= 15 is 0 Å². The van der Waals surface area contributed by atoms with Crippen molar-refractivity contribution in [2.45, 2.75) is 12.8 Å². The SMILES string of the molecule is O=C(Nc1cccc(-c2nc3ccccc3s2)c1)C1CCN(C(=O)c2ccco2)CC1. The molecule has 6 nitrogen and oxygen atoms in total. The Balaban J connectivity index is 1.23. The maximum atomic E-state index is 12.8. The summed E-state index contributed by atoms with van der Waals surface area (Å²) in [7, 11) is 0. The number of para-hydroxylation sites is 1. The van der Waals surface area contributed by atoms with E-state index in [2.05, 4.69) is 11.4 Å². The van der Waals surface area contributed by atoms with E-state index in [1.54, 1.807) is 28.4 Å². The third kappa shape index (κ3) is 4.09. The molecule has 156 valence electrons. The largest absolute Gasteiger partial charge is 0.459 e. The molecule has 0 radical (unpaired) electrons. The van der Waals surface area contributed by atoms with Crippen LogP contribution in [0.2, 0.25) is 0 Å². The fourth-order valence-corrected chi connectivity index (χ4v) is 4.83. The van der Waals surface area contributed by atoms with Crippen molar-refractivity contribution in [3.63, 3.8) is 0 Å². The summed E-state index contributed by atoms with van der Waals surface area (Å²) in [5, 5.41) is 3.98. The number of furan rings is 1. The van der Waals surface area contributed by atoms with E-state index in [0.29, 0.717) is 31.7 Å². The van der Waals surface area contributed by atoms with E-state index in [4.69, 9.17) is 9.40 Å². The third-order valence-corrected chi connectivity index (χ3v) is 6.64. The Labute approximate surface area is 183 Å². The molecule has 0 spiro atoms. The van der Waals surface area contributed by atoms with Crippen molar-refractivity contribution < 1.29 is 14.0 Å². The van der Waals surface area contributed by atoms with Gasteiger partial charge in [0.15, 0.2) is 5.76 Å². The Morgan fingerprint density at radius 3 is 2.65 bits per heavy atom. The van der Waals surface area contributed by atoms with Crippen molar-refractivity contribution >= 4 is 39.1 Å². The van der Waals surface area contributed by atoms with Gasteiger partial charge in [-0.25, -0.2) is 4.98 Å². The monoisotopic (exact) mass is 431 g/mol. The van der Waals surface area contributed by atoms with Crippen LogP contribution in [0, 0.1) is 5.92 Å². The molecule has 31 heavy (non-hydrogen) atoms. The highest BCUT2D eigenvalue weighted by atomic mass is 32.1. The normalized spacial score (nSPS) is 14.6. The van der Waals surface area contributed by atoms with Crippen molar-refractivity contribution in [3.05, 3.63) is 72.7 Å². The minimum absolute atomic E-state index is 0.00783. The second-order valence-corrected chi connectivity index (χ2v) is 8.63. The number of carbonyl (C=O) groups is 2. The molecule has 1 fully saturated rings. The number of benzene rings is 2. The Kier molecular flexibility index (Phi) is 5.26. The van der Waals surface area contributed by atoms with Crippen LogP contribution >= 0.6 is 11.3 Å². The van der Waals surface area contributed by atoms with Gasteiger partial charge in [-0.05, 0) is 49.2 Å². The van der Waals surface area contributed by atoms with E-state index in [0.717, 1.165) is 26.5 Å². The van der Waals surface area contributed by atoms with Crippen LogP contribution in [0.5, 0.6) is 0 Å². The lowest BCUT2D eigenvalue weighted by molar-refractivity contribution is -0.121. The molecule has 0 unspecified atom stereocenters. The number of thiazole rings is 1. The number of likely N-dealkylation sites (tertiary alicyclic amines) is 1. The molecule has 0 atom stereocenters. The highest BCUT2D eigenvalue weighted by molar-refractivity contribution is 7.21. The summed E-state index contributed by atoms with van der Waals surface area (Å²) in [6, 6.07) is 19.2. The van der Waals surface area contributed by atoms with Crippen LogP contribution in [0.25, 0.3) is 20.8 Å². The highest BCUT2D eigenvalue weighted by Gasteiger charge is 2.28. The van der Waals surface area contributed by atoms with Gasteiger partial charge in [0, 0.05) is 30.3 Å². The molecule has 1 N–H and O–H groups in total. The zero-order valence-electron chi connectivity index (χ0n) is 16.8. The Bertz CT molecular complexity index is 1190. The summed E-state index contributed by atoms with van der Waals surface area (Å²) < 4.78 is 6.34. The first-order chi connectivity index (χ1) is 15.2. The van der Waals surface area contributed by atoms with E-state index in [1.165, 1.54) is 6.26 Å². The van der Waals surface area contributed by atoms with E-state index in [1.807, 2.05) is 42.5 Å². The van der Waals surface area contributed by atoms with E-state index < -0.39 is 0 Å². The molecular formula is C24H21N3O3S. The van der Waals surface area contributed by atoms with E-state index in [9.17, 15) is 9.59 Å². The first-order valence-electron chi connectivity index (χ1n) is 10.3.